The molecule has 24 heavy (non-hydrogen) atoms. The highest BCUT2D eigenvalue weighted by molar-refractivity contribution is 5.91. The van der Waals surface area contributed by atoms with E-state index >= 15 is 0 Å². The van der Waals surface area contributed by atoms with E-state index in [-0.39, 0.29) is 17.6 Å². The lowest BCUT2D eigenvalue weighted by atomic mass is 10.0. The molecule has 0 aromatic carbocycles. The number of hydrogen-bond donors (Lipinski definition) is 2. The van der Waals surface area contributed by atoms with Crippen LogP contribution < -0.4 is 11.1 Å². The van der Waals surface area contributed by atoms with E-state index in [1.165, 1.54) is 0 Å². The summed E-state index contributed by atoms with van der Waals surface area (Å²) in [5.41, 5.74) is 5.80. The van der Waals surface area contributed by atoms with Gasteiger partial charge in [0, 0.05) is 12.0 Å². The van der Waals surface area contributed by atoms with Crippen molar-refractivity contribution in [2.75, 3.05) is 0 Å². The van der Waals surface area contributed by atoms with Gasteiger partial charge >= 0.3 is 0 Å². The van der Waals surface area contributed by atoms with Gasteiger partial charge in [-0.05, 0) is 32.6 Å². The Balaban J connectivity index is 1.75. The van der Waals surface area contributed by atoms with Crippen molar-refractivity contribution >= 4 is 5.91 Å². The van der Waals surface area contributed by atoms with E-state index < -0.39 is 11.6 Å². The summed E-state index contributed by atoms with van der Waals surface area (Å²) in [4.78, 5) is 16.9. The van der Waals surface area contributed by atoms with Crippen LogP contribution >= 0.6 is 0 Å². The van der Waals surface area contributed by atoms with Crippen LogP contribution in [0.4, 0.5) is 0 Å². The van der Waals surface area contributed by atoms with Gasteiger partial charge in [0.05, 0.1) is 5.54 Å². The molecule has 2 aromatic heterocycles. The number of nitrogens with one attached hydrogen (secondary N) is 1. The summed E-state index contributed by atoms with van der Waals surface area (Å²) >= 11 is 0. The molecule has 1 aliphatic rings. The van der Waals surface area contributed by atoms with Crippen molar-refractivity contribution < 1.29 is 13.8 Å². The van der Waals surface area contributed by atoms with Gasteiger partial charge in [0.25, 0.3) is 5.91 Å². The van der Waals surface area contributed by atoms with Gasteiger partial charge in [0.2, 0.25) is 11.7 Å². The van der Waals surface area contributed by atoms with Crippen molar-refractivity contribution in [3.63, 3.8) is 0 Å². The molecule has 0 saturated heterocycles. The SMILES string of the molecule is CC(C)C(NC(=O)c1cc(C(C)(C)N)no1)c1nc(C2CC2)no1. The summed E-state index contributed by atoms with van der Waals surface area (Å²) in [5.74, 6) is 1.33. The molecule has 1 atom stereocenters. The average Bonchev–Trinajstić information content (AvgIpc) is 3.03. The maximum absolute atomic E-state index is 12.5. The zero-order chi connectivity index (χ0) is 17.5. The Morgan fingerprint density at radius 2 is 2.04 bits per heavy atom. The van der Waals surface area contributed by atoms with E-state index in [4.69, 9.17) is 14.8 Å². The fourth-order valence-electron chi connectivity index (χ4n) is 2.29. The van der Waals surface area contributed by atoms with Crippen LogP contribution in [0.3, 0.4) is 0 Å². The third kappa shape index (κ3) is 3.48. The van der Waals surface area contributed by atoms with E-state index in [9.17, 15) is 4.79 Å². The normalized spacial score (nSPS) is 16.4. The number of hydrogen-bond acceptors (Lipinski definition) is 7. The quantitative estimate of drug-likeness (QED) is 0.831. The van der Waals surface area contributed by atoms with Crippen molar-refractivity contribution in [3.05, 3.63) is 29.2 Å². The summed E-state index contributed by atoms with van der Waals surface area (Å²) in [5, 5.41) is 10.7. The first-order valence-corrected chi connectivity index (χ1v) is 8.16. The summed E-state index contributed by atoms with van der Waals surface area (Å²) in [6, 6.07) is 1.16. The second-order valence-corrected chi connectivity index (χ2v) is 7.26. The molecular formula is C16H23N5O3. The number of carbonyl (C=O) groups excluding carboxylic acids is 1. The van der Waals surface area contributed by atoms with Gasteiger partial charge in [-0.2, -0.15) is 4.98 Å². The molecule has 0 bridgehead atoms. The largest absolute Gasteiger partial charge is 0.351 e. The Kier molecular flexibility index (Phi) is 4.16. The monoisotopic (exact) mass is 333 g/mol. The van der Waals surface area contributed by atoms with Crippen LogP contribution in [0.5, 0.6) is 0 Å². The van der Waals surface area contributed by atoms with Gasteiger partial charge in [-0.25, -0.2) is 0 Å². The van der Waals surface area contributed by atoms with Crippen LogP contribution in [-0.2, 0) is 5.54 Å². The summed E-state index contributed by atoms with van der Waals surface area (Å²) in [6.07, 6.45) is 2.18. The number of nitrogens with zero attached hydrogens (tertiary/aromatic N) is 3. The molecule has 3 rings (SSSR count). The minimum absolute atomic E-state index is 0.0785. The molecule has 2 heterocycles. The molecule has 0 spiro atoms. The Labute approximate surface area is 140 Å². The Morgan fingerprint density at radius 1 is 1.33 bits per heavy atom. The van der Waals surface area contributed by atoms with Gasteiger partial charge in [0.1, 0.15) is 11.7 Å². The Bertz CT molecular complexity index is 724. The smallest absolute Gasteiger partial charge is 0.290 e. The van der Waals surface area contributed by atoms with E-state index in [2.05, 4.69) is 20.6 Å². The van der Waals surface area contributed by atoms with Gasteiger partial charge in [-0.15, -0.1) is 0 Å². The summed E-state index contributed by atoms with van der Waals surface area (Å²) in [6.45, 7) is 7.53. The zero-order valence-corrected chi connectivity index (χ0v) is 14.4. The second kappa shape index (κ2) is 6.01. The molecule has 0 aliphatic heterocycles. The molecule has 8 nitrogen and oxygen atoms in total. The van der Waals surface area contributed by atoms with E-state index in [0.29, 0.717) is 17.5 Å². The standard InChI is InChI=1S/C16H23N5O3/c1-8(2)12(15-19-13(21-24-15)9-5-6-9)18-14(22)10-7-11(20-23-10)16(3,4)17/h7-9,12H,5-6,17H2,1-4H3,(H,18,22). The third-order valence-electron chi connectivity index (χ3n) is 4.01. The first-order chi connectivity index (χ1) is 11.3. The van der Waals surface area contributed by atoms with Gasteiger partial charge < -0.3 is 20.1 Å². The number of carbonyl (C=O) groups is 1. The predicted molar refractivity (Wildman–Crippen MR) is 85.0 cm³/mol. The maximum Gasteiger partial charge on any atom is 0.290 e. The van der Waals surface area contributed by atoms with Crippen LogP contribution in [0.15, 0.2) is 15.1 Å². The van der Waals surface area contributed by atoms with Crippen molar-refractivity contribution in [2.45, 2.75) is 58.0 Å². The van der Waals surface area contributed by atoms with E-state index in [0.717, 1.165) is 18.7 Å². The molecule has 1 amide bonds. The molecule has 1 unspecified atom stereocenters. The number of aromatic nitrogens is 3. The number of nitrogens with two attached hydrogens (primary N) is 1. The fourth-order valence-corrected chi connectivity index (χ4v) is 2.29. The van der Waals surface area contributed by atoms with Crippen LogP contribution in [0.2, 0.25) is 0 Å². The van der Waals surface area contributed by atoms with Gasteiger partial charge in [-0.3, -0.25) is 4.79 Å². The minimum Gasteiger partial charge on any atom is -0.351 e. The molecule has 1 saturated carbocycles. The highest BCUT2D eigenvalue weighted by atomic mass is 16.5. The van der Waals surface area contributed by atoms with E-state index in [1.54, 1.807) is 19.9 Å². The van der Waals surface area contributed by atoms with Crippen LogP contribution in [0, 0.1) is 5.92 Å². The van der Waals surface area contributed by atoms with Crippen molar-refractivity contribution in [2.24, 2.45) is 11.7 Å². The lowest BCUT2D eigenvalue weighted by Crippen LogP contribution is -2.32. The Hall–Kier alpha value is -2.22. The summed E-state index contributed by atoms with van der Waals surface area (Å²) in [7, 11) is 0. The van der Waals surface area contributed by atoms with Crippen LogP contribution in [-0.4, -0.2) is 21.2 Å². The highest BCUT2D eigenvalue weighted by Gasteiger charge is 2.32. The molecule has 8 heteroatoms. The molecule has 130 valence electrons. The lowest BCUT2D eigenvalue weighted by Gasteiger charge is -2.17. The first-order valence-electron chi connectivity index (χ1n) is 8.16. The fraction of sp³-hybridized carbons (Fsp3) is 0.625. The first kappa shape index (κ1) is 16.6. The van der Waals surface area contributed by atoms with Crippen molar-refractivity contribution in [3.8, 4) is 0 Å². The molecule has 1 aliphatic carbocycles. The van der Waals surface area contributed by atoms with Crippen LogP contribution in [0.25, 0.3) is 0 Å². The average molecular weight is 333 g/mol. The maximum atomic E-state index is 12.5. The van der Waals surface area contributed by atoms with Gasteiger partial charge in [-0.1, -0.05) is 24.2 Å². The minimum atomic E-state index is -0.675. The number of amides is 1. The topological polar surface area (TPSA) is 120 Å². The third-order valence-corrected chi connectivity index (χ3v) is 4.01. The van der Waals surface area contributed by atoms with Crippen LogP contribution in [0.1, 0.15) is 80.5 Å². The molecule has 3 N–H and O–H groups in total. The molecule has 1 fully saturated rings. The Morgan fingerprint density at radius 3 is 2.58 bits per heavy atom. The van der Waals surface area contributed by atoms with Crippen molar-refractivity contribution in [1.29, 1.82) is 0 Å². The van der Waals surface area contributed by atoms with Gasteiger partial charge in [0.15, 0.2) is 5.82 Å². The lowest BCUT2D eigenvalue weighted by molar-refractivity contribution is 0.0876. The predicted octanol–water partition coefficient (Wildman–Crippen LogP) is 2.26. The number of rotatable bonds is 6. The zero-order valence-electron chi connectivity index (χ0n) is 14.4. The van der Waals surface area contributed by atoms with E-state index in [1.807, 2.05) is 13.8 Å². The summed E-state index contributed by atoms with van der Waals surface area (Å²) < 4.78 is 10.5. The van der Waals surface area contributed by atoms with Crippen molar-refractivity contribution in [1.82, 2.24) is 20.6 Å². The second-order valence-electron chi connectivity index (χ2n) is 7.26. The molecule has 0 radical (unpaired) electrons. The molecular weight excluding hydrogens is 310 g/mol. The molecule has 2 aromatic rings. The highest BCUT2D eigenvalue weighted by Crippen LogP contribution is 2.38.